The lowest BCUT2D eigenvalue weighted by Crippen LogP contribution is -2.04. The maximum Gasteiger partial charge on any atom is 0.214 e. The zero-order valence-corrected chi connectivity index (χ0v) is 14.5. The third-order valence-electron chi connectivity index (χ3n) is 3.47. The fourth-order valence-electron chi connectivity index (χ4n) is 2.32. The number of imidazole rings is 1. The number of rotatable bonds is 5. The molecule has 0 atom stereocenters. The fourth-order valence-corrected chi connectivity index (χ4v) is 3.92. The number of benzene rings is 1. The molecular weight excluding hydrogens is 345 g/mol. The Balaban J connectivity index is 1.44. The van der Waals surface area contributed by atoms with Crippen LogP contribution in [0.1, 0.15) is 9.88 Å². The Hall–Kier alpha value is -2.32. The molecule has 3 heterocycles. The van der Waals surface area contributed by atoms with Gasteiger partial charge in [-0.05, 0) is 31.2 Å². The molecule has 0 radical (unpaired) electrons. The van der Waals surface area contributed by atoms with Crippen molar-refractivity contribution in [2.45, 2.75) is 13.3 Å². The number of aryl methyl sites for hydroxylation is 1. The van der Waals surface area contributed by atoms with Gasteiger partial charge in [0.15, 0.2) is 0 Å². The summed E-state index contributed by atoms with van der Waals surface area (Å²) < 4.78 is 14.7. The molecule has 0 aliphatic heterocycles. The highest BCUT2D eigenvalue weighted by Crippen LogP contribution is 2.24. The van der Waals surface area contributed by atoms with E-state index >= 15 is 0 Å². The summed E-state index contributed by atoms with van der Waals surface area (Å²) in [6.07, 6.45) is 4.63. The molecule has 4 aromatic rings. The van der Waals surface area contributed by atoms with Crippen LogP contribution in [-0.4, -0.2) is 26.1 Å². The number of halogens is 1. The summed E-state index contributed by atoms with van der Waals surface area (Å²) in [6, 6.07) is 6.31. The van der Waals surface area contributed by atoms with Gasteiger partial charge in [0.2, 0.25) is 10.1 Å². The highest BCUT2D eigenvalue weighted by atomic mass is 32.1. The molecule has 0 aliphatic carbocycles. The first-order valence-corrected chi connectivity index (χ1v) is 9.08. The molecule has 3 aromatic heterocycles. The van der Waals surface area contributed by atoms with E-state index in [0.717, 1.165) is 39.3 Å². The Bertz CT molecular complexity index is 939. The third kappa shape index (κ3) is 3.15. The van der Waals surface area contributed by atoms with Gasteiger partial charge in [-0.15, -0.1) is 16.4 Å². The zero-order valence-electron chi connectivity index (χ0n) is 12.9. The number of nitrogens with zero attached hydrogens (tertiary/aromatic N) is 4. The van der Waals surface area contributed by atoms with Gasteiger partial charge in [0.25, 0.3) is 0 Å². The Morgan fingerprint density at radius 2 is 2.04 bits per heavy atom. The maximum atomic E-state index is 13.0. The van der Waals surface area contributed by atoms with Crippen LogP contribution in [0.4, 0.5) is 9.52 Å². The molecule has 4 rings (SSSR count). The number of hydrogen-bond donors (Lipinski definition) is 1. The van der Waals surface area contributed by atoms with E-state index in [-0.39, 0.29) is 5.82 Å². The average molecular weight is 359 g/mol. The summed E-state index contributed by atoms with van der Waals surface area (Å²) in [7, 11) is 0. The molecule has 1 aromatic carbocycles. The number of aromatic nitrogens is 4. The number of fused-ring (bicyclic) bond motifs is 1. The minimum Gasteiger partial charge on any atom is -0.360 e. The Labute approximate surface area is 145 Å². The van der Waals surface area contributed by atoms with Crippen molar-refractivity contribution in [1.82, 2.24) is 19.6 Å². The van der Waals surface area contributed by atoms with E-state index in [1.54, 1.807) is 28.0 Å². The van der Waals surface area contributed by atoms with Gasteiger partial charge in [-0.3, -0.25) is 0 Å². The van der Waals surface area contributed by atoms with E-state index in [2.05, 4.69) is 27.3 Å². The summed E-state index contributed by atoms with van der Waals surface area (Å²) in [5.41, 5.74) is 1.67. The summed E-state index contributed by atoms with van der Waals surface area (Å²) in [6.45, 7) is 2.84. The van der Waals surface area contributed by atoms with Crippen molar-refractivity contribution in [1.29, 1.82) is 0 Å². The second-order valence-electron chi connectivity index (χ2n) is 5.31. The van der Waals surface area contributed by atoms with E-state index in [1.807, 2.05) is 12.4 Å². The topological polar surface area (TPSA) is 55.1 Å². The van der Waals surface area contributed by atoms with Crippen LogP contribution in [0.15, 0.2) is 36.7 Å². The molecule has 122 valence electrons. The maximum absolute atomic E-state index is 13.0. The highest BCUT2D eigenvalue weighted by molar-refractivity contribution is 7.20. The molecule has 1 N–H and O–H groups in total. The summed E-state index contributed by atoms with van der Waals surface area (Å²) in [4.78, 5) is 10.9. The molecular formula is C16H14FN5S2. The first-order valence-electron chi connectivity index (χ1n) is 7.45. The lowest BCUT2D eigenvalue weighted by Gasteiger charge is -1.99. The third-order valence-corrected chi connectivity index (χ3v) is 5.32. The van der Waals surface area contributed by atoms with Crippen LogP contribution in [0.2, 0.25) is 0 Å². The molecule has 0 spiro atoms. The van der Waals surface area contributed by atoms with E-state index < -0.39 is 0 Å². The molecule has 0 saturated carbocycles. The van der Waals surface area contributed by atoms with Crippen LogP contribution in [0.25, 0.3) is 16.2 Å². The van der Waals surface area contributed by atoms with Crippen molar-refractivity contribution >= 4 is 32.8 Å². The number of anilines is 1. The summed E-state index contributed by atoms with van der Waals surface area (Å²) in [5, 5.41) is 9.75. The minimum absolute atomic E-state index is 0.250. The number of thiazole rings is 1. The van der Waals surface area contributed by atoms with Gasteiger partial charge in [0.05, 0.1) is 16.9 Å². The molecule has 0 amide bonds. The van der Waals surface area contributed by atoms with Gasteiger partial charge in [0, 0.05) is 29.6 Å². The van der Waals surface area contributed by atoms with Gasteiger partial charge in [-0.2, -0.15) is 0 Å². The quantitative estimate of drug-likeness (QED) is 0.585. The van der Waals surface area contributed by atoms with E-state index in [4.69, 9.17) is 0 Å². The van der Waals surface area contributed by atoms with Gasteiger partial charge in [-0.1, -0.05) is 11.3 Å². The monoisotopic (exact) mass is 359 g/mol. The number of nitrogens with one attached hydrogen (secondary N) is 1. The average Bonchev–Trinajstić information content (AvgIpc) is 3.23. The Morgan fingerprint density at radius 1 is 1.21 bits per heavy atom. The van der Waals surface area contributed by atoms with Crippen LogP contribution in [0.5, 0.6) is 0 Å². The van der Waals surface area contributed by atoms with Crippen molar-refractivity contribution in [3.63, 3.8) is 0 Å². The largest absolute Gasteiger partial charge is 0.360 e. The molecule has 0 fully saturated rings. The zero-order chi connectivity index (χ0) is 16.5. The molecule has 8 heteroatoms. The molecule has 24 heavy (non-hydrogen) atoms. The predicted octanol–water partition coefficient (Wildman–Crippen LogP) is 4.02. The fraction of sp³-hybridized carbons (Fsp3) is 0.188. The van der Waals surface area contributed by atoms with Crippen LogP contribution in [0, 0.1) is 12.7 Å². The second-order valence-corrected chi connectivity index (χ2v) is 7.58. The van der Waals surface area contributed by atoms with Crippen LogP contribution >= 0.6 is 22.7 Å². The van der Waals surface area contributed by atoms with Crippen molar-refractivity contribution < 1.29 is 4.39 Å². The molecule has 0 aliphatic rings. The van der Waals surface area contributed by atoms with Gasteiger partial charge in [0.1, 0.15) is 5.82 Å². The first-order chi connectivity index (χ1) is 11.7. The van der Waals surface area contributed by atoms with Crippen molar-refractivity contribution in [2.75, 3.05) is 11.9 Å². The van der Waals surface area contributed by atoms with Gasteiger partial charge < -0.3 is 5.32 Å². The van der Waals surface area contributed by atoms with E-state index in [9.17, 15) is 4.39 Å². The van der Waals surface area contributed by atoms with Gasteiger partial charge in [-0.25, -0.2) is 18.9 Å². The highest BCUT2D eigenvalue weighted by Gasteiger charge is 2.10. The Kier molecular flexibility index (Phi) is 3.99. The van der Waals surface area contributed by atoms with Crippen molar-refractivity contribution in [3.05, 3.63) is 52.4 Å². The Morgan fingerprint density at radius 3 is 2.75 bits per heavy atom. The molecule has 0 unspecified atom stereocenters. The lowest BCUT2D eigenvalue weighted by atomic mass is 10.2. The molecule has 0 bridgehead atoms. The van der Waals surface area contributed by atoms with Crippen LogP contribution < -0.4 is 5.32 Å². The number of hydrogen-bond acceptors (Lipinski definition) is 6. The lowest BCUT2D eigenvalue weighted by molar-refractivity contribution is 0.628. The van der Waals surface area contributed by atoms with E-state index in [0.29, 0.717) is 0 Å². The molecule has 5 nitrogen and oxygen atoms in total. The smallest absolute Gasteiger partial charge is 0.214 e. The second kappa shape index (κ2) is 6.29. The predicted molar refractivity (Wildman–Crippen MR) is 95.3 cm³/mol. The standard InChI is InChI=1S/C16H14FN5S2/c1-10-8-19-14(23-10)6-7-18-15-21-22-9-13(20-16(22)24-15)11-2-4-12(17)5-3-11/h2-5,8-9H,6-7H2,1H3,(H,18,21). The summed E-state index contributed by atoms with van der Waals surface area (Å²) >= 11 is 3.21. The van der Waals surface area contributed by atoms with Crippen LogP contribution in [0.3, 0.4) is 0 Å². The minimum atomic E-state index is -0.250. The first kappa shape index (κ1) is 15.2. The van der Waals surface area contributed by atoms with E-state index in [1.165, 1.54) is 28.3 Å². The van der Waals surface area contributed by atoms with Gasteiger partial charge >= 0.3 is 0 Å². The SMILES string of the molecule is Cc1cnc(CCNc2nn3cc(-c4ccc(F)cc4)nc3s2)s1. The molecule has 0 saturated heterocycles. The van der Waals surface area contributed by atoms with Crippen molar-refractivity contribution in [3.8, 4) is 11.3 Å². The normalized spacial score (nSPS) is 11.2. The van der Waals surface area contributed by atoms with Crippen molar-refractivity contribution in [2.24, 2.45) is 0 Å². The van der Waals surface area contributed by atoms with Crippen LogP contribution in [-0.2, 0) is 6.42 Å². The summed E-state index contributed by atoms with van der Waals surface area (Å²) in [5.74, 6) is -0.250.